The highest BCUT2D eigenvalue weighted by Gasteiger charge is 2.35. The molecule has 0 aromatic heterocycles. The number of sulfone groups is 1. The second-order valence-electron chi connectivity index (χ2n) is 4.88. The Balaban J connectivity index is 0.000000322. The SMILES string of the molecule is N#CCNC(=O)O.O=S(=O)(c1ccccc1Cl)[C@H]1CC[C@@H](O)C1. The van der Waals surface area contributed by atoms with Crippen molar-refractivity contribution in [2.45, 2.75) is 35.5 Å². The molecule has 126 valence electrons. The second-order valence-corrected chi connectivity index (χ2v) is 7.48. The van der Waals surface area contributed by atoms with Gasteiger partial charge in [-0.1, -0.05) is 23.7 Å². The first-order valence-electron chi connectivity index (χ1n) is 6.79. The lowest BCUT2D eigenvalue weighted by Gasteiger charge is -2.12. The molecule has 0 heterocycles. The summed E-state index contributed by atoms with van der Waals surface area (Å²) < 4.78 is 24.4. The average Bonchev–Trinajstić information content (AvgIpc) is 2.93. The molecule has 0 bridgehead atoms. The lowest BCUT2D eigenvalue weighted by molar-refractivity contribution is 0.183. The Morgan fingerprint density at radius 3 is 2.48 bits per heavy atom. The molecule has 2 rings (SSSR count). The summed E-state index contributed by atoms with van der Waals surface area (Å²) in [7, 11) is -3.39. The first-order valence-corrected chi connectivity index (χ1v) is 8.71. The molecule has 2 atom stereocenters. The Kier molecular flexibility index (Phi) is 7.29. The summed E-state index contributed by atoms with van der Waals surface area (Å²) in [6.45, 7) is -0.144. The maximum Gasteiger partial charge on any atom is 0.405 e. The monoisotopic (exact) mass is 360 g/mol. The van der Waals surface area contributed by atoms with Crippen molar-refractivity contribution in [3.8, 4) is 6.07 Å². The number of aliphatic hydroxyl groups excluding tert-OH is 1. The summed E-state index contributed by atoms with van der Waals surface area (Å²) in [6.07, 6.45) is -0.291. The van der Waals surface area contributed by atoms with Crippen LogP contribution in [0.5, 0.6) is 0 Å². The topological polar surface area (TPSA) is 127 Å². The fourth-order valence-corrected chi connectivity index (χ4v) is 4.52. The number of carboxylic acid groups (broad SMARTS) is 1. The largest absolute Gasteiger partial charge is 0.465 e. The van der Waals surface area contributed by atoms with Crippen molar-refractivity contribution in [3.05, 3.63) is 29.3 Å². The molecule has 3 N–H and O–H groups in total. The predicted molar refractivity (Wildman–Crippen MR) is 83.9 cm³/mol. The fraction of sp³-hybridized carbons (Fsp3) is 0.429. The van der Waals surface area contributed by atoms with Gasteiger partial charge >= 0.3 is 6.09 Å². The molecule has 9 heteroatoms. The zero-order valence-corrected chi connectivity index (χ0v) is 13.7. The van der Waals surface area contributed by atoms with Gasteiger partial charge in [0.25, 0.3) is 0 Å². The molecule has 0 saturated heterocycles. The van der Waals surface area contributed by atoms with Crippen molar-refractivity contribution in [1.82, 2.24) is 5.32 Å². The maximum atomic E-state index is 12.2. The van der Waals surface area contributed by atoms with Crippen LogP contribution in [0.25, 0.3) is 0 Å². The van der Waals surface area contributed by atoms with Crippen molar-refractivity contribution in [1.29, 1.82) is 5.26 Å². The van der Waals surface area contributed by atoms with Crippen molar-refractivity contribution >= 4 is 27.5 Å². The lowest BCUT2D eigenvalue weighted by atomic mass is 10.3. The van der Waals surface area contributed by atoms with Crippen molar-refractivity contribution < 1.29 is 23.4 Å². The Labute approximate surface area is 139 Å². The van der Waals surface area contributed by atoms with Crippen LogP contribution in [0, 0.1) is 11.3 Å². The molecule has 0 spiro atoms. The minimum atomic E-state index is -3.39. The van der Waals surface area contributed by atoms with E-state index in [1.54, 1.807) is 24.3 Å². The first kappa shape index (κ1) is 19.2. The molecule has 7 nitrogen and oxygen atoms in total. The number of nitrogens with one attached hydrogen (secondary N) is 1. The molecule has 1 saturated carbocycles. The number of rotatable bonds is 3. The third-order valence-electron chi connectivity index (χ3n) is 3.26. The van der Waals surface area contributed by atoms with Gasteiger partial charge in [-0.25, -0.2) is 13.2 Å². The first-order chi connectivity index (χ1) is 10.8. The van der Waals surface area contributed by atoms with Crippen LogP contribution in [0.4, 0.5) is 4.79 Å². The van der Waals surface area contributed by atoms with Gasteiger partial charge in [0.15, 0.2) is 9.84 Å². The molecule has 1 aromatic carbocycles. The molecule has 0 radical (unpaired) electrons. The van der Waals surface area contributed by atoms with E-state index in [1.807, 2.05) is 5.32 Å². The number of aliphatic hydroxyl groups is 1. The van der Waals surface area contributed by atoms with Gasteiger partial charge in [-0.15, -0.1) is 0 Å². The Hall–Kier alpha value is -1.82. The third-order valence-corrected chi connectivity index (χ3v) is 5.97. The van der Waals surface area contributed by atoms with Gasteiger partial charge in [0, 0.05) is 0 Å². The van der Waals surface area contributed by atoms with Gasteiger partial charge in [-0.2, -0.15) is 5.26 Å². The van der Waals surface area contributed by atoms with Crippen LogP contribution in [0.3, 0.4) is 0 Å². The van der Waals surface area contributed by atoms with Crippen molar-refractivity contribution in [2.75, 3.05) is 6.54 Å². The number of nitriles is 1. The van der Waals surface area contributed by atoms with Crippen LogP contribution in [-0.4, -0.2) is 42.6 Å². The summed E-state index contributed by atoms with van der Waals surface area (Å²) >= 11 is 5.88. The van der Waals surface area contributed by atoms with Crippen molar-refractivity contribution in [3.63, 3.8) is 0 Å². The van der Waals surface area contributed by atoms with E-state index < -0.39 is 27.3 Å². The second kappa shape index (κ2) is 8.72. The van der Waals surface area contributed by atoms with E-state index in [-0.39, 0.29) is 16.5 Å². The smallest absolute Gasteiger partial charge is 0.405 e. The average molecular weight is 361 g/mol. The van der Waals surface area contributed by atoms with Crippen LogP contribution >= 0.6 is 11.6 Å². The van der Waals surface area contributed by atoms with Crippen molar-refractivity contribution in [2.24, 2.45) is 0 Å². The minimum Gasteiger partial charge on any atom is -0.465 e. The fourth-order valence-electron chi connectivity index (χ4n) is 2.17. The quantitative estimate of drug-likeness (QED) is 0.705. The van der Waals surface area contributed by atoms with E-state index in [4.69, 9.17) is 22.0 Å². The highest BCUT2D eigenvalue weighted by molar-refractivity contribution is 7.92. The van der Waals surface area contributed by atoms with Crippen LogP contribution in [0.15, 0.2) is 29.2 Å². The molecule has 1 amide bonds. The molecule has 1 aromatic rings. The summed E-state index contributed by atoms with van der Waals surface area (Å²) in [5, 5.41) is 26.5. The number of carbonyl (C=O) groups is 1. The van der Waals surface area contributed by atoms with Crippen LogP contribution in [-0.2, 0) is 9.84 Å². The summed E-state index contributed by atoms with van der Waals surface area (Å²) in [5.41, 5.74) is 0. The molecule has 1 aliphatic rings. The maximum absolute atomic E-state index is 12.2. The van der Waals surface area contributed by atoms with E-state index in [0.717, 1.165) is 0 Å². The van der Waals surface area contributed by atoms with Gasteiger partial charge in [0.2, 0.25) is 0 Å². The van der Waals surface area contributed by atoms with E-state index in [9.17, 15) is 18.3 Å². The molecular weight excluding hydrogens is 344 g/mol. The van der Waals surface area contributed by atoms with E-state index in [2.05, 4.69) is 0 Å². The molecule has 0 unspecified atom stereocenters. The Bertz CT molecular complexity index is 687. The summed E-state index contributed by atoms with van der Waals surface area (Å²) in [6, 6.07) is 8.05. The summed E-state index contributed by atoms with van der Waals surface area (Å²) in [4.78, 5) is 9.67. The molecular formula is C14H17ClN2O5S. The number of amides is 1. The normalized spacial score (nSPS) is 20.0. The third kappa shape index (κ3) is 5.71. The van der Waals surface area contributed by atoms with Gasteiger partial charge in [-0.3, -0.25) is 0 Å². The highest BCUT2D eigenvalue weighted by Crippen LogP contribution is 2.32. The number of halogens is 1. The van der Waals surface area contributed by atoms with Gasteiger partial charge in [0.1, 0.15) is 6.54 Å². The molecule has 23 heavy (non-hydrogen) atoms. The van der Waals surface area contributed by atoms with E-state index in [0.29, 0.717) is 19.3 Å². The number of nitrogens with zero attached hydrogens (tertiary/aromatic N) is 1. The standard InChI is InChI=1S/C11H13ClO3S.C3H4N2O2/c12-10-3-1-2-4-11(10)16(14,15)9-6-5-8(13)7-9;4-1-2-5-3(6)7/h1-4,8-9,13H,5-7H2;5H,2H2,(H,6,7)/t8-,9+;/m1./s1. The van der Waals surface area contributed by atoms with Gasteiger partial charge < -0.3 is 15.5 Å². The highest BCUT2D eigenvalue weighted by atomic mass is 35.5. The van der Waals surface area contributed by atoms with Crippen LogP contribution in [0.2, 0.25) is 5.02 Å². The Morgan fingerprint density at radius 2 is 2.04 bits per heavy atom. The van der Waals surface area contributed by atoms with E-state index in [1.165, 1.54) is 6.07 Å². The number of hydrogen-bond acceptors (Lipinski definition) is 5. The molecule has 1 aliphatic carbocycles. The van der Waals surface area contributed by atoms with E-state index >= 15 is 0 Å². The number of hydrogen-bond donors (Lipinski definition) is 3. The predicted octanol–water partition coefficient (Wildman–Crippen LogP) is 1.80. The van der Waals surface area contributed by atoms with Gasteiger partial charge in [0.05, 0.1) is 27.3 Å². The van der Waals surface area contributed by atoms with Crippen LogP contribution in [0.1, 0.15) is 19.3 Å². The van der Waals surface area contributed by atoms with Crippen LogP contribution < -0.4 is 5.32 Å². The van der Waals surface area contributed by atoms with Gasteiger partial charge in [-0.05, 0) is 31.4 Å². The molecule has 1 fully saturated rings. The summed E-state index contributed by atoms with van der Waals surface area (Å²) in [5.74, 6) is 0. The lowest BCUT2D eigenvalue weighted by Crippen LogP contribution is -2.20. The Morgan fingerprint density at radius 1 is 1.39 bits per heavy atom. The minimum absolute atomic E-state index is 0.144. The molecule has 0 aliphatic heterocycles. The number of benzene rings is 1. The zero-order chi connectivity index (χ0) is 17.5. The zero-order valence-electron chi connectivity index (χ0n) is 12.1.